The number of anilines is 1. The van der Waals surface area contributed by atoms with Crippen molar-refractivity contribution in [3.05, 3.63) is 65.4 Å². The van der Waals surface area contributed by atoms with Crippen LogP contribution in [0.4, 0.5) is 5.82 Å². The fourth-order valence-corrected chi connectivity index (χ4v) is 1.88. The third kappa shape index (κ3) is 3.09. The normalized spacial score (nSPS) is 10.3. The number of hydrogen-bond donors (Lipinski definition) is 1. The first-order valence-corrected chi connectivity index (χ1v) is 6.55. The Hall–Kier alpha value is -2.66. The first-order chi connectivity index (χ1) is 10.2. The molecule has 2 aromatic heterocycles. The van der Waals surface area contributed by atoms with Gasteiger partial charge in [-0.15, -0.1) is 0 Å². The summed E-state index contributed by atoms with van der Waals surface area (Å²) in [4.78, 5) is 16.0. The van der Waals surface area contributed by atoms with E-state index in [1.165, 1.54) is 0 Å². The molecule has 1 N–H and O–H groups in total. The topological polar surface area (TPSA) is 68.0 Å². The van der Waals surface area contributed by atoms with Crippen LogP contribution in [0.25, 0.3) is 11.3 Å². The van der Waals surface area contributed by atoms with E-state index in [0.29, 0.717) is 16.6 Å². The number of halogens is 1. The van der Waals surface area contributed by atoms with Crippen molar-refractivity contribution in [2.75, 3.05) is 5.32 Å². The molecule has 0 aliphatic rings. The van der Waals surface area contributed by atoms with Gasteiger partial charge in [0.15, 0.2) is 11.5 Å². The molecule has 5 nitrogen and oxygen atoms in total. The van der Waals surface area contributed by atoms with Crippen molar-refractivity contribution in [3.8, 4) is 11.3 Å². The summed E-state index contributed by atoms with van der Waals surface area (Å²) < 4.78 is 5.18. The van der Waals surface area contributed by atoms with Gasteiger partial charge in [-0.25, -0.2) is 4.98 Å². The van der Waals surface area contributed by atoms with Gasteiger partial charge in [0.2, 0.25) is 0 Å². The molecule has 0 radical (unpaired) electrons. The monoisotopic (exact) mass is 299 g/mol. The smallest absolute Gasteiger partial charge is 0.279 e. The Morgan fingerprint density at radius 3 is 2.67 bits per heavy atom. The summed E-state index contributed by atoms with van der Waals surface area (Å²) in [6.07, 6.45) is 1.59. The van der Waals surface area contributed by atoms with Crippen LogP contribution in [0.3, 0.4) is 0 Å². The highest BCUT2D eigenvalue weighted by Gasteiger charge is 2.14. The van der Waals surface area contributed by atoms with E-state index in [0.717, 1.165) is 5.56 Å². The van der Waals surface area contributed by atoms with E-state index >= 15 is 0 Å². The number of nitrogens with one attached hydrogen (secondary N) is 1. The molecule has 1 amide bonds. The third-order valence-electron chi connectivity index (χ3n) is 2.78. The number of amides is 1. The maximum Gasteiger partial charge on any atom is 0.279 e. The molecule has 0 fully saturated rings. The van der Waals surface area contributed by atoms with Crippen LogP contribution in [0.2, 0.25) is 5.02 Å². The molecule has 0 bridgehead atoms. The number of carbonyl (C=O) groups is 1. The van der Waals surface area contributed by atoms with E-state index in [2.05, 4.69) is 15.5 Å². The van der Waals surface area contributed by atoms with E-state index in [1.54, 1.807) is 54.7 Å². The van der Waals surface area contributed by atoms with E-state index in [-0.39, 0.29) is 11.6 Å². The lowest BCUT2D eigenvalue weighted by atomic mass is 10.1. The quantitative estimate of drug-likeness (QED) is 0.801. The number of hydrogen-bond acceptors (Lipinski definition) is 4. The summed E-state index contributed by atoms with van der Waals surface area (Å²) in [5, 5.41) is 7.03. The van der Waals surface area contributed by atoms with Crippen molar-refractivity contribution in [1.82, 2.24) is 10.1 Å². The third-order valence-corrected chi connectivity index (χ3v) is 3.03. The Labute approximate surface area is 125 Å². The largest absolute Gasteiger partial charge is 0.355 e. The molecule has 0 saturated carbocycles. The van der Waals surface area contributed by atoms with Gasteiger partial charge >= 0.3 is 0 Å². The number of rotatable bonds is 3. The average molecular weight is 300 g/mol. The van der Waals surface area contributed by atoms with Gasteiger partial charge in [-0.2, -0.15) is 0 Å². The second-order valence-corrected chi connectivity index (χ2v) is 4.69. The number of benzene rings is 1. The Morgan fingerprint density at radius 1 is 1.14 bits per heavy atom. The van der Waals surface area contributed by atoms with Gasteiger partial charge in [-0.3, -0.25) is 4.79 Å². The SMILES string of the molecule is O=C(Nc1ccccn1)c1cc(-c2ccc(Cl)cc2)on1. The van der Waals surface area contributed by atoms with Crippen LogP contribution in [0.15, 0.2) is 59.3 Å². The molecular formula is C15H10ClN3O2. The fraction of sp³-hybridized carbons (Fsp3) is 0. The zero-order valence-corrected chi connectivity index (χ0v) is 11.5. The van der Waals surface area contributed by atoms with Gasteiger partial charge < -0.3 is 9.84 Å². The number of carbonyl (C=O) groups excluding carboxylic acids is 1. The molecule has 21 heavy (non-hydrogen) atoms. The van der Waals surface area contributed by atoms with E-state index < -0.39 is 0 Å². The molecule has 104 valence electrons. The summed E-state index contributed by atoms with van der Waals surface area (Å²) in [6, 6.07) is 13.9. The molecule has 0 saturated heterocycles. The zero-order chi connectivity index (χ0) is 14.7. The van der Waals surface area contributed by atoms with Gasteiger partial charge in [0, 0.05) is 22.8 Å². The predicted octanol–water partition coefficient (Wildman–Crippen LogP) is 3.64. The van der Waals surface area contributed by atoms with E-state index in [9.17, 15) is 4.79 Å². The lowest BCUT2D eigenvalue weighted by Gasteiger charge is -1.99. The van der Waals surface area contributed by atoms with Gasteiger partial charge in [-0.05, 0) is 36.4 Å². The number of nitrogens with zero attached hydrogens (tertiary/aromatic N) is 2. The zero-order valence-electron chi connectivity index (χ0n) is 10.8. The summed E-state index contributed by atoms with van der Waals surface area (Å²) in [7, 11) is 0. The van der Waals surface area contributed by atoms with Crippen LogP contribution < -0.4 is 5.32 Å². The lowest BCUT2D eigenvalue weighted by molar-refractivity contribution is 0.101. The molecule has 0 spiro atoms. The Morgan fingerprint density at radius 2 is 1.95 bits per heavy atom. The first-order valence-electron chi connectivity index (χ1n) is 6.17. The molecule has 3 rings (SSSR count). The molecule has 0 atom stereocenters. The maximum atomic E-state index is 12.0. The van der Waals surface area contributed by atoms with Crippen LogP contribution in [-0.4, -0.2) is 16.0 Å². The van der Waals surface area contributed by atoms with Crippen LogP contribution in [0.1, 0.15) is 10.5 Å². The van der Waals surface area contributed by atoms with Gasteiger partial charge in [0.05, 0.1) is 0 Å². The highest BCUT2D eigenvalue weighted by Crippen LogP contribution is 2.22. The Kier molecular flexibility index (Phi) is 3.66. The fourth-order valence-electron chi connectivity index (χ4n) is 1.75. The molecule has 0 aliphatic heterocycles. The maximum absolute atomic E-state index is 12.0. The first kappa shape index (κ1) is 13.3. The standard InChI is InChI=1S/C15H10ClN3O2/c16-11-6-4-10(5-7-11)13-9-12(19-21-13)15(20)18-14-3-1-2-8-17-14/h1-9H,(H,17,18,20). The molecule has 2 heterocycles. The summed E-state index contributed by atoms with van der Waals surface area (Å²) in [6.45, 7) is 0. The molecule has 0 unspecified atom stereocenters. The minimum Gasteiger partial charge on any atom is -0.355 e. The van der Waals surface area contributed by atoms with Crippen LogP contribution in [-0.2, 0) is 0 Å². The minimum atomic E-state index is -0.377. The summed E-state index contributed by atoms with van der Waals surface area (Å²) in [5.41, 5.74) is 0.981. The number of pyridine rings is 1. The number of aromatic nitrogens is 2. The Bertz CT molecular complexity index is 754. The van der Waals surface area contributed by atoms with Crippen molar-refractivity contribution in [3.63, 3.8) is 0 Å². The van der Waals surface area contributed by atoms with Gasteiger partial charge in [-0.1, -0.05) is 22.8 Å². The van der Waals surface area contributed by atoms with E-state index in [4.69, 9.17) is 16.1 Å². The van der Waals surface area contributed by atoms with Crippen LogP contribution >= 0.6 is 11.6 Å². The van der Waals surface area contributed by atoms with Crippen molar-refractivity contribution in [1.29, 1.82) is 0 Å². The highest BCUT2D eigenvalue weighted by atomic mass is 35.5. The van der Waals surface area contributed by atoms with E-state index in [1.807, 2.05) is 0 Å². The summed E-state index contributed by atoms with van der Waals surface area (Å²) in [5.74, 6) is 0.578. The highest BCUT2D eigenvalue weighted by molar-refractivity contribution is 6.30. The minimum absolute atomic E-state index is 0.186. The molecule has 3 aromatic rings. The van der Waals surface area contributed by atoms with Crippen LogP contribution in [0.5, 0.6) is 0 Å². The van der Waals surface area contributed by atoms with Crippen LogP contribution in [0, 0.1) is 0 Å². The molecule has 6 heteroatoms. The molecular weight excluding hydrogens is 290 g/mol. The van der Waals surface area contributed by atoms with Crippen molar-refractivity contribution in [2.45, 2.75) is 0 Å². The van der Waals surface area contributed by atoms with Crippen molar-refractivity contribution < 1.29 is 9.32 Å². The lowest BCUT2D eigenvalue weighted by Crippen LogP contribution is -2.12. The van der Waals surface area contributed by atoms with Crippen molar-refractivity contribution >= 4 is 23.3 Å². The van der Waals surface area contributed by atoms with Crippen molar-refractivity contribution in [2.24, 2.45) is 0 Å². The molecule has 0 aliphatic carbocycles. The Balaban J connectivity index is 1.78. The van der Waals surface area contributed by atoms with Gasteiger partial charge in [0.1, 0.15) is 5.82 Å². The van der Waals surface area contributed by atoms with Gasteiger partial charge in [0.25, 0.3) is 5.91 Å². The summed E-state index contributed by atoms with van der Waals surface area (Å²) >= 11 is 5.83. The predicted molar refractivity (Wildman–Crippen MR) is 79.1 cm³/mol. The second-order valence-electron chi connectivity index (χ2n) is 4.25. The average Bonchev–Trinajstić information content (AvgIpc) is 2.99. The molecule has 1 aromatic carbocycles. The second kappa shape index (κ2) is 5.76.